The number of amides is 1. The fourth-order valence-electron chi connectivity index (χ4n) is 2.12. The van der Waals surface area contributed by atoms with Gasteiger partial charge in [-0.3, -0.25) is 9.59 Å². The molecule has 5 N–H and O–H groups in total. The van der Waals surface area contributed by atoms with Crippen molar-refractivity contribution in [1.29, 1.82) is 0 Å². The number of halogens is 1. The minimum Gasteiger partial charge on any atom is -0.492 e. The summed E-state index contributed by atoms with van der Waals surface area (Å²) in [4.78, 5) is 22.4. The Morgan fingerprint density at radius 3 is 2.19 bits per heavy atom. The van der Waals surface area contributed by atoms with Gasteiger partial charge in [0.2, 0.25) is 5.91 Å². The molecule has 1 unspecified atom stereocenters. The molecule has 0 fully saturated rings. The number of carbonyl (C=O) groups excluding carboxylic acids is 1. The van der Waals surface area contributed by atoms with Crippen molar-refractivity contribution >= 4 is 11.9 Å². The Labute approximate surface area is 120 Å². The van der Waals surface area contributed by atoms with E-state index < -0.39 is 30.2 Å². The number of aliphatic carboxylic acids is 1. The van der Waals surface area contributed by atoms with Gasteiger partial charge in [-0.1, -0.05) is 0 Å². The summed E-state index contributed by atoms with van der Waals surface area (Å²) in [6.45, 7) is 1.50. The standard InChI is InChI=1S/C13H17FN2O5/c1-5-8(12(16)17)6(4-7(15)13(18)19)9(14)11(21-3)10(5)20-2/h7H,4,15H2,1-3H3,(H2,16,17)(H,18,19). The lowest BCUT2D eigenvalue weighted by atomic mass is 9.94. The minimum atomic E-state index is -1.38. The summed E-state index contributed by atoms with van der Waals surface area (Å²) in [6.07, 6.45) is -0.402. The molecule has 21 heavy (non-hydrogen) atoms. The van der Waals surface area contributed by atoms with Crippen LogP contribution in [0.1, 0.15) is 21.5 Å². The van der Waals surface area contributed by atoms with E-state index in [4.69, 9.17) is 26.0 Å². The lowest BCUT2D eigenvalue weighted by Gasteiger charge is -2.19. The third kappa shape index (κ3) is 3.05. The SMILES string of the molecule is COc1c(C)c(C(N)=O)c(CC(N)C(=O)O)c(F)c1OC. The third-order valence-electron chi connectivity index (χ3n) is 3.08. The third-order valence-corrected chi connectivity index (χ3v) is 3.08. The molecule has 0 saturated carbocycles. The molecule has 0 aliphatic rings. The van der Waals surface area contributed by atoms with Crippen LogP contribution < -0.4 is 20.9 Å². The highest BCUT2D eigenvalue weighted by Gasteiger charge is 2.28. The number of carboxylic acids is 1. The highest BCUT2D eigenvalue weighted by molar-refractivity contribution is 5.97. The molecule has 8 heteroatoms. The molecule has 0 aromatic heterocycles. The Hall–Kier alpha value is -2.35. The number of benzene rings is 1. The van der Waals surface area contributed by atoms with E-state index in [9.17, 15) is 14.0 Å². The summed E-state index contributed by atoms with van der Waals surface area (Å²) in [5, 5.41) is 8.84. The molecule has 0 spiro atoms. The zero-order chi connectivity index (χ0) is 16.3. The Bertz CT molecular complexity index is 589. The van der Waals surface area contributed by atoms with Crippen molar-refractivity contribution in [1.82, 2.24) is 0 Å². The van der Waals surface area contributed by atoms with Gasteiger partial charge in [-0.15, -0.1) is 0 Å². The molecule has 1 atom stereocenters. The second kappa shape index (κ2) is 6.40. The number of methoxy groups -OCH3 is 2. The summed E-state index contributed by atoms with van der Waals surface area (Å²) in [7, 11) is 2.52. The Morgan fingerprint density at radius 1 is 1.29 bits per heavy atom. The van der Waals surface area contributed by atoms with Crippen molar-refractivity contribution in [3.05, 3.63) is 22.5 Å². The molecule has 1 rings (SSSR count). The molecule has 1 aromatic rings. The topological polar surface area (TPSA) is 125 Å². The van der Waals surface area contributed by atoms with Crippen molar-refractivity contribution in [2.75, 3.05) is 14.2 Å². The summed E-state index contributed by atoms with van der Waals surface area (Å²) >= 11 is 0. The number of carboxylic acid groups (broad SMARTS) is 1. The van der Waals surface area contributed by atoms with Crippen LogP contribution in [0.5, 0.6) is 11.5 Å². The van der Waals surface area contributed by atoms with Gasteiger partial charge in [0, 0.05) is 17.5 Å². The first-order valence-corrected chi connectivity index (χ1v) is 5.97. The van der Waals surface area contributed by atoms with Gasteiger partial charge in [-0.25, -0.2) is 4.39 Å². The Morgan fingerprint density at radius 2 is 1.81 bits per heavy atom. The molecule has 1 amide bonds. The zero-order valence-electron chi connectivity index (χ0n) is 11.9. The van der Waals surface area contributed by atoms with Crippen molar-refractivity contribution in [3.63, 3.8) is 0 Å². The van der Waals surface area contributed by atoms with Gasteiger partial charge in [0.25, 0.3) is 0 Å². The first-order valence-electron chi connectivity index (χ1n) is 5.97. The molecule has 0 aliphatic carbocycles. The van der Waals surface area contributed by atoms with Gasteiger partial charge in [0.1, 0.15) is 6.04 Å². The first kappa shape index (κ1) is 16.7. The van der Waals surface area contributed by atoms with E-state index in [1.54, 1.807) is 0 Å². The molecule has 0 radical (unpaired) electrons. The van der Waals surface area contributed by atoms with Crippen LogP contribution >= 0.6 is 0 Å². The maximum absolute atomic E-state index is 14.5. The normalized spacial score (nSPS) is 11.9. The van der Waals surface area contributed by atoms with Crippen LogP contribution in [0.4, 0.5) is 4.39 Å². The fourth-order valence-corrected chi connectivity index (χ4v) is 2.12. The van der Waals surface area contributed by atoms with Crippen LogP contribution in [0.25, 0.3) is 0 Å². The van der Waals surface area contributed by atoms with Gasteiger partial charge in [-0.2, -0.15) is 0 Å². The predicted octanol–water partition coefficient (Wildman–Crippen LogP) is 0.205. The number of hydrogen-bond acceptors (Lipinski definition) is 5. The number of carbonyl (C=O) groups is 2. The maximum atomic E-state index is 14.5. The summed E-state index contributed by atoms with van der Waals surface area (Å²) in [5.41, 5.74) is 10.6. The summed E-state index contributed by atoms with van der Waals surface area (Å²) in [6, 6.07) is -1.38. The average molecular weight is 300 g/mol. The van der Waals surface area contributed by atoms with Crippen LogP contribution in [0.3, 0.4) is 0 Å². The van der Waals surface area contributed by atoms with E-state index in [1.165, 1.54) is 21.1 Å². The van der Waals surface area contributed by atoms with E-state index in [2.05, 4.69) is 0 Å². The Balaban J connectivity index is 3.64. The molecule has 0 bridgehead atoms. The van der Waals surface area contributed by atoms with Crippen molar-refractivity contribution in [2.24, 2.45) is 11.5 Å². The van der Waals surface area contributed by atoms with Crippen LogP contribution in [-0.4, -0.2) is 37.2 Å². The monoisotopic (exact) mass is 300 g/mol. The van der Waals surface area contributed by atoms with Crippen LogP contribution in [0, 0.1) is 12.7 Å². The second-order valence-corrected chi connectivity index (χ2v) is 4.37. The van der Waals surface area contributed by atoms with Gasteiger partial charge in [0.05, 0.1) is 19.8 Å². The van der Waals surface area contributed by atoms with Crippen molar-refractivity contribution in [3.8, 4) is 11.5 Å². The van der Waals surface area contributed by atoms with E-state index in [0.717, 1.165) is 0 Å². The van der Waals surface area contributed by atoms with Crippen molar-refractivity contribution in [2.45, 2.75) is 19.4 Å². The molecule has 0 heterocycles. The number of hydrogen-bond donors (Lipinski definition) is 3. The molecule has 1 aromatic carbocycles. The van der Waals surface area contributed by atoms with E-state index in [0.29, 0.717) is 0 Å². The maximum Gasteiger partial charge on any atom is 0.320 e. The number of rotatable bonds is 6. The molecular weight excluding hydrogens is 283 g/mol. The molecule has 0 saturated heterocycles. The first-order chi connectivity index (χ1) is 9.76. The quantitative estimate of drug-likeness (QED) is 0.689. The van der Waals surface area contributed by atoms with Crippen molar-refractivity contribution < 1.29 is 28.6 Å². The van der Waals surface area contributed by atoms with Gasteiger partial charge in [-0.05, 0) is 6.92 Å². The van der Waals surface area contributed by atoms with Gasteiger partial charge >= 0.3 is 5.97 Å². The predicted molar refractivity (Wildman–Crippen MR) is 72.1 cm³/mol. The van der Waals surface area contributed by atoms with Crippen LogP contribution in [-0.2, 0) is 11.2 Å². The molecule has 7 nitrogen and oxygen atoms in total. The number of nitrogens with two attached hydrogens (primary N) is 2. The average Bonchev–Trinajstić information content (AvgIpc) is 2.41. The molecule has 116 valence electrons. The fraction of sp³-hybridized carbons (Fsp3) is 0.385. The molecular formula is C13H17FN2O5. The van der Waals surface area contributed by atoms with Gasteiger partial charge in [0.15, 0.2) is 17.3 Å². The van der Waals surface area contributed by atoms with E-state index in [-0.39, 0.29) is 28.2 Å². The van der Waals surface area contributed by atoms with Crippen LogP contribution in [0.2, 0.25) is 0 Å². The van der Waals surface area contributed by atoms with Gasteiger partial charge < -0.3 is 26.0 Å². The Kier molecular flexibility index (Phi) is 5.09. The van der Waals surface area contributed by atoms with E-state index in [1.807, 2.05) is 0 Å². The minimum absolute atomic E-state index is 0.0245. The summed E-state index contributed by atoms with van der Waals surface area (Å²) in [5.74, 6) is -3.34. The van der Waals surface area contributed by atoms with E-state index >= 15 is 0 Å². The smallest absolute Gasteiger partial charge is 0.320 e. The highest BCUT2D eigenvalue weighted by atomic mass is 19.1. The van der Waals surface area contributed by atoms with Crippen LogP contribution in [0.15, 0.2) is 0 Å². The second-order valence-electron chi connectivity index (χ2n) is 4.37. The lowest BCUT2D eigenvalue weighted by molar-refractivity contribution is -0.138. The lowest BCUT2D eigenvalue weighted by Crippen LogP contribution is -2.34. The zero-order valence-corrected chi connectivity index (χ0v) is 11.9. The summed E-state index contributed by atoms with van der Waals surface area (Å²) < 4.78 is 24.4. The number of primary amides is 1. The molecule has 0 aliphatic heterocycles. The largest absolute Gasteiger partial charge is 0.492 e. The number of ether oxygens (including phenoxy) is 2. The highest BCUT2D eigenvalue weighted by Crippen LogP contribution is 2.39.